The van der Waals surface area contributed by atoms with Gasteiger partial charge in [-0.1, -0.05) is 26.0 Å². The average molecular weight is 262 g/mol. The van der Waals surface area contributed by atoms with Gasteiger partial charge in [-0.2, -0.15) is 0 Å². The van der Waals surface area contributed by atoms with E-state index >= 15 is 0 Å². The molecule has 0 fully saturated rings. The summed E-state index contributed by atoms with van der Waals surface area (Å²) in [4.78, 5) is 13.6. The van der Waals surface area contributed by atoms with Crippen LogP contribution < -0.4 is 16.0 Å². The zero-order valence-corrected chi connectivity index (χ0v) is 11.9. The predicted molar refractivity (Wildman–Crippen MR) is 78.7 cm³/mol. The van der Waals surface area contributed by atoms with Gasteiger partial charge in [0.25, 0.3) is 0 Å². The Bertz CT molecular complexity index is 482. The van der Waals surface area contributed by atoms with Crippen LogP contribution in [-0.2, 0) is 0 Å². The van der Waals surface area contributed by atoms with Crippen molar-refractivity contribution in [3.63, 3.8) is 0 Å². The molecule has 2 amide bonds. The zero-order chi connectivity index (χ0) is 14.6. The molecule has 5 heteroatoms. The van der Waals surface area contributed by atoms with Crippen LogP contribution in [0.3, 0.4) is 0 Å². The van der Waals surface area contributed by atoms with E-state index in [0.29, 0.717) is 12.5 Å². The SMILES string of the molecule is CCN(C(=O)NC(=N)N)c1cccc(C(C)C)c1C. The van der Waals surface area contributed by atoms with Crippen LogP contribution in [-0.4, -0.2) is 18.5 Å². The number of nitrogens with zero attached hydrogens (tertiary/aromatic N) is 1. The second-order valence-corrected chi connectivity index (χ2v) is 4.73. The highest BCUT2D eigenvalue weighted by atomic mass is 16.2. The molecule has 0 aliphatic rings. The summed E-state index contributed by atoms with van der Waals surface area (Å²) < 4.78 is 0. The van der Waals surface area contributed by atoms with Gasteiger partial charge in [-0.25, -0.2) is 4.79 Å². The van der Waals surface area contributed by atoms with Crippen molar-refractivity contribution in [1.29, 1.82) is 5.41 Å². The Morgan fingerprint density at radius 2 is 2.11 bits per heavy atom. The molecule has 1 aromatic carbocycles. The van der Waals surface area contributed by atoms with Gasteiger partial charge >= 0.3 is 6.03 Å². The highest BCUT2D eigenvalue weighted by molar-refractivity contribution is 6.02. The van der Waals surface area contributed by atoms with Gasteiger partial charge in [0.05, 0.1) is 0 Å². The van der Waals surface area contributed by atoms with E-state index in [4.69, 9.17) is 11.1 Å². The average Bonchev–Trinajstić information content (AvgIpc) is 2.30. The minimum atomic E-state index is -0.376. The molecule has 0 aliphatic carbocycles. The molecule has 5 nitrogen and oxygen atoms in total. The van der Waals surface area contributed by atoms with Crippen molar-refractivity contribution in [1.82, 2.24) is 5.32 Å². The number of nitrogens with one attached hydrogen (secondary N) is 2. The third kappa shape index (κ3) is 3.47. The number of hydrogen-bond acceptors (Lipinski definition) is 2. The summed E-state index contributed by atoms with van der Waals surface area (Å²) in [6.07, 6.45) is 0. The van der Waals surface area contributed by atoms with Crippen molar-refractivity contribution in [2.45, 2.75) is 33.6 Å². The summed E-state index contributed by atoms with van der Waals surface area (Å²) in [6.45, 7) is 8.66. The number of nitrogens with two attached hydrogens (primary N) is 1. The van der Waals surface area contributed by atoms with Crippen molar-refractivity contribution in [2.75, 3.05) is 11.4 Å². The van der Waals surface area contributed by atoms with E-state index in [9.17, 15) is 4.79 Å². The first kappa shape index (κ1) is 15.0. The molecule has 0 atom stereocenters. The molecule has 0 unspecified atom stereocenters. The van der Waals surface area contributed by atoms with Gasteiger partial charge in [0, 0.05) is 12.2 Å². The Balaban J connectivity index is 3.15. The summed E-state index contributed by atoms with van der Waals surface area (Å²) in [7, 11) is 0. The molecule has 19 heavy (non-hydrogen) atoms. The lowest BCUT2D eigenvalue weighted by Crippen LogP contribution is -2.45. The normalized spacial score (nSPS) is 10.4. The maximum Gasteiger partial charge on any atom is 0.328 e. The zero-order valence-electron chi connectivity index (χ0n) is 11.9. The van der Waals surface area contributed by atoms with Crippen LogP contribution in [0.2, 0.25) is 0 Å². The van der Waals surface area contributed by atoms with E-state index < -0.39 is 0 Å². The molecular weight excluding hydrogens is 240 g/mol. The second kappa shape index (κ2) is 6.22. The highest BCUT2D eigenvalue weighted by Gasteiger charge is 2.18. The molecule has 0 radical (unpaired) electrons. The van der Waals surface area contributed by atoms with Crippen LogP contribution in [0.15, 0.2) is 18.2 Å². The standard InChI is InChI=1S/C14H22N4O/c1-5-18(14(19)17-13(15)16)12-8-6-7-11(9(2)3)10(12)4/h6-9H,5H2,1-4H3,(H4,15,16,17,19). The molecule has 0 heterocycles. The van der Waals surface area contributed by atoms with Gasteiger partial charge in [0.15, 0.2) is 5.96 Å². The van der Waals surface area contributed by atoms with Crippen molar-refractivity contribution < 1.29 is 4.79 Å². The quantitative estimate of drug-likeness (QED) is 0.578. The van der Waals surface area contributed by atoms with Crippen LogP contribution >= 0.6 is 0 Å². The Kier molecular flexibility index (Phi) is 4.92. The van der Waals surface area contributed by atoms with E-state index in [-0.39, 0.29) is 12.0 Å². The summed E-state index contributed by atoms with van der Waals surface area (Å²) in [6, 6.07) is 5.55. The first-order chi connectivity index (χ1) is 8.88. The molecule has 104 valence electrons. The molecule has 1 aromatic rings. The highest BCUT2D eigenvalue weighted by Crippen LogP contribution is 2.27. The molecule has 0 aliphatic heterocycles. The van der Waals surface area contributed by atoms with Crippen LogP contribution in [0.4, 0.5) is 10.5 Å². The first-order valence-corrected chi connectivity index (χ1v) is 6.40. The Morgan fingerprint density at radius 1 is 1.47 bits per heavy atom. The smallest absolute Gasteiger partial charge is 0.328 e. The van der Waals surface area contributed by atoms with Crippen LogP contribution in [0.25, 0.3) is 0 Å². The van der Waals surface area contributed by atoms with E-state index in [1.807, 2.05) is 26.0 Å². The van der Waals surface area contributed by atoms with E-state index in [1.54, 1.807) is 4.90 Å². The first-order valence-electron chi connectivity index (χ1n) is 6.40. The predicted octanol–water partition coefficient (Wildman–Crippen LogP) is 2.55. The summed E-state index contributed by atoms with van der Waals surface area (Å²) in [5.74, 6) is 0.0515. The molecule has 0 spiro atoms. The Labute approximate surface area is 114 Å². The number of anilines is 1. The van der Waals surface area contributed by atoms with Gasteiger partial charge in [0.2, 0.25) is 0 Å². The van der Waals surface area contributed by atoms with E-state index in [1.165, 1.54) is 5.56 Å². The minimum absolute atomic E-state index is 0.346. The van der Waals surface area contributed by atoms with Gasteiger partial charge in [0.1, 0.15) is 0 Å². The molecule has 0 aromatic heterocycles. The summed E-state index contributed by atoms with van der Waals surface area (Å²) >= 11 is 0. The molecule has 1 rings (SSSR count). The maximum atomic E-state index is 12.0. The number of hydrogen-bond donors (Lipinski definition) is 3. The van der Waals surface area contributed by atoms with Crippen molar-refractivity contribution in [2.24, 2.45) is 5.73 Å². The number of urea groups is 1. The van der Waals surface area contributed by atoms with Crippen molar-refractivity contribution in [3.05, 3.63) is 29.3 Å². The van der Waals surface area contributed by atoms with Crippen LogP contribution in [0, 0.1) is 12.3 Å². The van der Waals surface area contributed by atoms with Gasteiger partial charge in [-0.3, -0.25) is 15.6 Å². The third-order valence-electron chi connectivity index (χ3n) is 3.06. The summed E-state index contributed by atoms with van der Waals surface area (Å²) in [5, 5.41) is 9.46. The molecule has 4 N–H and O–H groups in total. The Hall–Kier alpha value is -2.04. The lowest BCUT2D eigenvalue weighted by Gasteiger charge is -2.25. The monoisotopic (exact) mass is 262 g/mol. The number of carbonyl (C=O) groups is 1. The van der Waals surface area contributed by atoms with E-state index in [0.717, 1.165) is 11.3 Å². The van der Waals surface area contributed by atoms with Gasteiger partial charge in [-0.05, 0) is 37.0 Å². The number of amides is 2. The lowest BCUT2D eigenvalue weighted by molar-refractivity contribution is 0.250. The fraction of sp³-hybridized carbons (Fsp3) is 0.429. The van der Waals surface area contributed by atoms with Crippen molar-refractivity contribution >= 4 is 17.7 Å². The fourth-order valence-corrected chi connectivity index (χ4v) is 2.16. The number of rotatable bonds is 3. The van der Waals surface area contributed by atoms with Crippen LogP contribution in [0.5, 0.6) is 0 Å². The molecular formula is C14H22N4O. The van der Waals surface area contributed by atoms with Gasteiger partial charge in [-0.15, -0.1) is 0 Å². The molecule has 0 saturated heterocycles. The van der Waals surface area contributed by atoms with Crippen LogP contribution in [0.1, 0.15) is 37.8 Å². The second-order valence-electron chi connectivity index (χ2n) is 4.73. The van der Waals surface area contributed by atoms with Crippen molar-refractivity contribution in [3.8, 4) is 0 Å². The lowest BCUT2D eigenvalue weighted by atomic mass is 9.96. The Morgan fingerprint density at radius 3 is 2.58 bits per heavy atom. The molecule has 0 bridgehead atoms. The molecule has 0 saturated carbocycles. The topological polar surface area (TPSA) is 82.2 Å². The maximum absolute atomic E-state index is 12.0. The number of benzene rings is 1. The third-order valence-corrected chi connectivity index (χ3v) is 3.06. The fourth-order valence-electron chi connectivity index (χ4n) is 2.16. The minimum Gasteiger partial charge on any atom is -0.370 e. The van der Waals surface area contributed by atoms with E-state index in [2.05, 4.69) is 25.2 Å². The summed E-state index contributed by atoms with van der Waals surface area (Å²) in [5.41, 5.74) is 8.35. The number of carbonyl (C=O) groups excluding carboxylic acids is 1. The largest absolute Gasteiger partial charge is 0.370 e. The number of guanidine groups is 1. The van der Waals surface area contributed by atoms with Gasteiger partial charge < -0.3 is 5.73 Å².